The Labute approximate surface area is 109 Å². The monoisotopic (exact) mass is 260 g/mol. The van der Waals surface area contributed by atoms with Crippen LogP contribution < -0.4 is 4.74 Å². The fourth-order valence-electron chi connectivity index (χ4n) is 1.59. The first-order valence-electron chi connectivity index (χ1n) is 5.64. The minimum Gasteiger partial charge on any atom is -0.477 e. The Hall–Kier alpha value is -2.47. The van der Waals surface area contributed by atoms with Crippen LogP contribution in [0.4, 0.5) is 0 Å². The first-order chi connectivity index (χ1) is 9.22. The van der Waals surface area contributed by atoms with Gasteiger partial charge in [0.05, 0.1) is 6.20 Å². The lowest BCUT2D eigenvalue weighted by Gasteiger charge is -2.10. The van der Waals surface area contributed by atoms with Crippen LogP contribution in [-0.4, -0.2) is 33.0 Å². The number of hydrogen-bond donors (Lipinski definition) is 2. The molecule has 0 aliphatic rings. The van der Waals surface area contributed by atoms with Gasteiger partial charge in [-0.25, -0.2) is 4.79 Å². The lowest BCUT2D eigenvalue weighted by molar-refractivity contribution is 0.0693. The Bertz CT molecular complexity index is 586. The number of carbonyl (C=O) groups is 1. The second-order valence-corrected chi connectivity index (χ2v) is 3.74. The van der Waals surface area contributed by atoms with Gasteiger partial charge in [0.25, 0.3) is 5.88 Å². The highest BCUT2D eigenvalue weighted by atomic mass is 16.5. The third kappa shape index (κ3) is 3.05. The molecule has 0 radical (unpaired) electrons. The SMILES string of the molecule is O=C(O)c1ccnnc1Oc1ccccc1CCO. The smallest absolute Gasteiger partial charge is 0.341 e. The molecule has 0 saturated carbocycles. The summed E-state index contributed by atoms with van der Waals surface area (Å²) in [4.78, 5) is 11.0. The summed E-state index contributed by atoms with van der Waals surface area (Å²) in [7, 11) is 0. The van der Waals surface area contributed by atoms with E-state index in [1.165, 1.54) is 12.3 Å². The van der Waals surface area contributed by atoms with E-state index in [9.17, 15) is 4.79 Å². The van der Waals surface area contributed by atoms with Crippen molar-refractivity contribution in [1.29, 1.82) is 0 Å². The molecule has 1 aromatic carbocycles. The van der Waals surface area contributed by atoms with E-state index in [0.717, 1.165) is 5.56 Å². The maximum atomic E-state index is 11.0. The van der Waals surface area contributed by atoms with Crippen LogP contribution >= 0.6 is 0 Å². The minimum absolute atomic E-state index is 0.0212. The van der Waals surface area contributed by atoms with Crippen molar-refractivity contribution in [3.8, 4) is 11.6 Å². The highest BCUT2D eigenvalue weighted by Crippen LogP contribution is 2.26. The zero-order valence-corrected chi connectivity index (χ0v) is 9.98. The van der Waals surface area contributed by atoms with Crippen molar-refractivity contribution in [2.75, 3.05) is 6.61 Å². The lowest BCUT2D eigenvalue weighted by Crippen LogP contribution is -2.04. The molecule has 2 aromatic rings. The molecule has 0 saturated heterocycles. The maximum Gasteiger partial charge on any atom is 0.341 e. The van der Waals surface area contributed by atoms with Crippen LogP contribution in [0.1, 0.15) is 15.9 Å². The van der Waals surface area contributed by atoms with E-state index >= 15 is 0 Å². The average molecular weight is 260 g/mol. The molecule has 98 valence electrons. The van der Waals surface area contributed by atoms with E-state index in [1.807, 2.05) is 6.07 Å². The molecule has 2 N–H and O–H groups in total. The van der Waals surface area contributed by atoms with Crippen molar-refractivity contribution in [2.24, 2.45) is 0 Å². The molecule has 1 heterocycles. The van der Waals surface area contributed by atoms with Crippen LogP contribution in [0.2, 0.25) is 0 Å². The fraction of sp³-hybridized carbons (Fsp3) is 0.154. The van der Waals surface area contributed by atoms with Gasteiger partial charge in [-0.2, -0.15) is 5.10 Å². The molecule has 0 fully saturated rings. The number of aromatic carboxylic acids is 1. The number of aromatic nitrogens is 2. The summed E-state index contributed by atoms with van der Waals surface area (Å²) in [6, 6.07) is 8.37. The number of aliphatic hydroxyl groups is 1. The van der Waals surface area contributed by atoms with Gasteiger partial charge in [0.2, 0.25) is 0 Å². The zero-order valence-electron chi connectivity index (χ0n) is 9.98. The Kier molecular flexibility index (Phi) is 4.04. The number of hydrogen-bond acceptors (Lipinski definition) is 5. The van der Waals surface area contributed by atoms with Crippen molar-refractivity contribution in [3.63, 3.8) is 0 Å². The van der Waals surface area contributed by atoms with Crippen LogP contribution in [0, 0.1) is 0 Å². The number of carboxylic acid groups (broad SMARTS) is 1. The van der Waals surface area contributed by atoms with Gasteiger partial charge in [-0.05, 0) is 24.1 Å². The summed E-state index contributed by atoms with van der Waals surface area (Å²) in [5, 5.41) is 25.3. The first-order valence-corrected chi connectivity index (χ1v) is 5.64. The van der Waals surface area contributed by atoms with E-state index in [0.29, 0.717) is 12.2 Å². The summed E-state index contributed by atoms with van der Waals surface area (Å²) >= 11 is 0. The van der Waals surface area contributed by atoms with Crippen LogP contribution in [0.5, 0.6) is 11.6 Å². The number of nitrogens with zero attached hydrogens (tertiary/aromatic N) is 2. The highest BCUT2D eigenvalue weighted by Gasteiger charge is 2.14. The molecular formula is C13H12N2O4. The molecular weight excluding hydrogens is 248 g/mol. The average Bonchev–Trinajstić information content (AvgIpc) is 2.42. The van der Waals surface area contributed by atoms with Crippen LogP contribution in [-0.2, 0) is 6.42 Å². The summed E-state index contributed by atoms with van der Waals surface area (Å²) in [6.45, 7) is -0.0212. The second-order valence-electron chi connectivity index (χ2n) is 3.74. The minimum atomic E-state index is -1.13. The van der Waals surface area contributed by atoms with Crippen molar-refractivity contribution >= 4 is 5.97 Å². The van der Waals surface area contributed by atoms with E-state index in [1.54, 1.807) is 18.2 Å². The second kappa shape index (κ2) is 5.92. The van der Waals surface area contributed by atoms with E-state index in [-0.39, 0.29) is 18.1 Å². The number of para-hydroxylation sites is 1. The van der Waals surface area contributed by atoms with Crippen molar-refractivity contribution in [3.05, 3.63) is 47.7 Å². The number of rotatable bonds is 5. The highest BCUT2D eigenvalue weighted by molar-refractivity contribution is 5.90. The van der Waals surface area contributed by atoms with Gasteiger partial charge in [-0.1, -0.05) is 18.2 Å². The Morgan fingerprint density at radius 3 is 2.79 bits per heavy atom. The summed E-state index contributed by atoms with van der Waals surface area (Å²) in [5.74, 6) is -0.746. The first kappa shape index (κ1) is 13.0. The third-order valence-corrected chi connectivity index (χ3v) is 2.48. The predicted octanol–water partition coefficient (Wildman–Crippen LogP) is 1.50. The topological polar surface area (TPSA) is 92.5 Å². The Balaban J connectivity index is 2.34. The van der Waals surface area contributed by atoms with E-state index < -0.39 is 5.97 Å². The summed E-state index contributed by atoms with van der Waals surface area (Å²) in [5.41, 5.74) is 0.709. The van der Waals surface area contributed by atoms with Crippen LogP contribution in [0.3, 0.4) is 0 Å². The molecule has 0 amide bonds. The van der Waals surface area contributed by atoms with E-state index in [2.05, 4.69) is 10.2 Å². The molecule has 0 aliphatic carbocycles. The molecule has 0 atom stereocenters. The summed E-state index contributed by atoms with van der Waals surface area (Å²) in [6.07, 6.45) is 1.70. The maximum absolute atomic E-state index is 11.0. The number of ether oxygens (including phenoxy) is 1. The van der Waals surface area contributed by atoms with Gasteiger partial charge in [0.15, 0.2) is 0 Å². The van der Waals surface area contributed by atoms with Gasteiger partial charge in [-0.15, -0.1) is 5.10 Å². The molecule has 6 heteroatoms. The molecule has 1 aromatic heterocycles. The van der Waals surface area contributed by atoms with Crippen LogP contribution in [0.15, 0.2) is 36.5 Å². The van der Waals surface area contributed by atoms with Gasteiger partial charge in [0.1, 0.15) is 11.3 Å². The Morgan fingerprint density at radius 2 is 2.05 bits per heavy atom. The van der Waals surface area contributed by atoms with Gasteiger partial charge in [-0.3, -0.25) is 0 Å². The van der Waals surface area contributed by atoms with Gasteiger partial charge < -0.3 is 14.9 Å². The van der Waals surface area contributed by atoms with Gasteiger partial charge in [0, 0.05) is 6.61 Å². The molecule has 2 rings (SSSR count). The summed E-state index contributed by atoms with van der Waals surface area (Å²) < 4.78 is 5.49. The quantitative estimate of drug-likeness (QED) is 0.846. The molecule has 0 aliphatic heterocycles. The van der Waals surface area contributed by atoms with Crippen molar-refractivity contribution < 1.29 is 19.7 Å². The normalized spacial score (nSPS) is 10.2. The third-order valence-electron chi connectivity index (χ3n) is 2.48. The van der Waals surface area contributed by atoms with Gasteiger partial charge >= 0.3 is 5.97 Å². The number of carboxylic acids is 1. The zero-order chi connectivity index (χ0) is 13.7. The lowest BCUT2D eigenvalue weighted by atomic mass is 10.1. The fourth-order valence-corrected chi connectivity index (χ4v) is 1.59. The standard InChI is InChI=1S/C13H12N2O4/c16-8-6-9-3-1-2-4-11(9)19-12-10(13(17)18)5-7-14-15-12/h1-5,7,16H,6,8H2,(H,17,18). The molecule has 6 nitrogen and oxygen atoms in total. The Morgan fingerprint density at radius 1 is 1.26 bits per heavy atom. The van der Waals surface area contributed by atoms with Crippen LogP contribution in [0.25, 0.3) is 0 Å². The van der Waals surface area contributed by atoms with E-state index in [4.69, 9.17) is 14.9 Å². The number of aliphatic hydroxyl groups excluding tert-OH is 1. The number of benzene rings is 1. The predicted molar refractivity (Wildman–Crippen MR) is 66.3 cm³/mol. The molecule has 0 unspecified atom stereocenters. The molecule has 0 spiro atoms. The van der Waals surface area contributed by atoms with Crippen molar-refractivity contribution in [2.45, 2.75) is 6.42 Å². The largest absolute Gasteiger partial charge is 0.477 e. The molecule has 0 bridgehead atoms. The molecule has 19 heavy (non-hydrogen) atoms. The van der Waals surface area contributed by atoms with Crippen molar-refractivity contribution in [1.82, 2.24) is 10.2 Å².